The van der Waals surface area contributed by atoms with Crippen LogP contribution in [0.25, 0.3) is 0 Å². The summed E-state index contributed by atoms with van der Waals surface area (Å²) in [5.74, 6) is 2.06. The molecule has 2 rings (SSSR count). The normalized spacial score (nSPS) is 36.3. The highest BCUT2D eigenvalue weighted by atomic mass is 32.2. The Morgan fingerprint density at radius 2 is 2.27 bits per heavy atom. The maximum absolute atomic E-state index is 4.71. The second kappa shape index (κ2) is 4.36. The van der Waals surface area contributed by atoms with E-state index in [1.807, 2.05) is 11.8 Å². The van der Waals surface area contributed by atoms with E-state index in [1.54, 1.807) is 0 Å². The fourth-order valence-corrected chi connectivity index (χ4v) is 3.08. The van der Waals surface area contributed by atoms with Gasteiger partial charge in [-0.1, -0.05) is 32.5 Å². The summed E-state index contributed by atoms with van der Waals surface area (Å²) in [5.41, 5.74) is 0.563. The van der Waals surface area contributed by atoms with Gasteiger partial charge in [0.15, 0.2) is 5.17 Å². The number of hydrogen-bond acceptors (Lipinski definition) is 2. The minimum absolute atomic E-state index is 0.563. The highest BCUT2D eigenvalue weighted by Gasteiger charge is 2.45. The van der Waals surface area contributed by atoms with Crippen molar-refractivity contribution in [2.75, 3.05) is 12.3 Å². The molecule has 0 amide bonds. The monoisotopic (exact) mass is 226 g/mol. The molecule has 2 fully saturated rings. The van der Waals surface area contributed by atoms with E-state index < -0.39 is 0 Å². The lowest BCUT2D eigenvalue weighted by molar-refractivity contribution is 0.556. The standard InChI is InChI=1S/C12H22N2S/c1-4-10-5-6-15-11(14-10)13-8-9-7-12(9,2)3/h9-10H,4-8H2,1-3H3,(H,13,14). The van der Waals surface area contributed by atoms with Gasteiger partial charge >= 0.3 is 0 Å². The molecule has 15 heavy (non-hydrogen) atoms. The lowest BCUT2D eigenvalue weighted by Crippen LogP contribution is -2.37. The van der Waals surface area contributed by atoms with E-state index in [1.165, 1.54) is 30.2 Å². The molecule has 0 aromatic carbocycles. The van der Waals surface area contributed by atoms with Gasteiger partial charge in [0.25, 0.3) is 0 Å². The first-order chi connectivity index (χ1) is 7.12. The lowest BCUT2D eigenvalue weighted by Gasteiger charge is -2.24. The van der Waals surface area contributed by atoms with Crippen LogP contribution in [0, 0.1) is 11.3 Å². The van der Waals surface area contributed by atoms with Gasteiger partial charge in [0.1, 0.15) is 0 Å². The van der Waals surface area contributed by atoms with Crippen LogP contribution in [-0.4, -0.2) is 23.5 Å². The number of nitrogens with one attached hydrogen (secondary N) is 1. The molecule has 0 bridgehead atoms. The Hall–Kier alpha value is -0.180. The highest BCUT2D eigenvalue weighted by Crippen LogP contribution is 2.51. The number of rotatable bonds is 3. The van der Waals surface area contributed by atoms with Crippen molar-refractivity contribution in [1.82, 2.24) is 5.32 Å². The summed E-state index contributed by atoms with van der Waals surface area (Å²) in [6, 6.07) is 0.664. The molecule has 0 radical (unpaired) electrons. The molecule has 86 valence electrons. The van der Waals surface area contributed by atoms with Crippen LogP contribution in [0.3, 0.4) is 0 Å². The fraction of sp³-hybridized carbons (Fsp3) is 0.917. The molecule has 1 N–H and O–H groups in total. The summed E-state index contributed by atoms with van der Waals surface area (Å²) in [6.45, 7) is 7.95. The molecule has 0 aromatic rings. The molecular formula is C12H22N2S. The minimum atomic E-state index is 0.563. The van der Waals surface area contributed by atoms with Crippen molar-refractivity contribution in [3.8, 4) is 0 Å². The van der Waals surface area contributed by atoms with Gasteiger partial charge in [-0.25, -0.2) is 0 Å². The predicted octanol–water partition coefficient (Wildman–Crippen LogP) is 2.89. The van der Waals surface area contributed by atoms with Crippen molar-refractivity contribution in [3.05, 3.63) is 0 Å². The van der Waals surface area contributed by atoms with E-state index >= 15 is 0 Å². The van der Waals surface area contributed by atoms with Crippen LogP contribution in [0.4, 0.5) is 0 Å². The average Bonchev–Trinajstić information content (AvgIpc) is 2.84. The first-order valence-corrected chi connectivity index (χ1v) is 7.04. The quantitative estimate of drug-likeness (QED) is 0.800. The third-order valence-electron chi connectivity index (χ3n) is 3.70. The molecule has 2 atom stereocenters. The molecule has 1 aliphatic heterocycles. The van der Waals surface area contributed by atoms with Gasteiger partial charge in [-0.2, -0.15) is 0 Å². The number of nitrogens with zero attached hydrogens (tertiary/aromatic N) is 1. The first-order valence-electron chi connectivity index (χ1n) is 6.05. The van der Waals surface area contributed by atoms with E-state index in [-0.39, 0.29) is 0 Å². The van der Waals surface area contributed by atoms with Gasteiger partial charge in [0.05, 0.1) is 0 Å². The molecule has 0 aromatic heterocycles. The maximum Gasteiger partial charge on any atom is 0.156 e. The molecule has 2 unspecified atom stereocenters. The molecule has 2 aliphatic rings. The fourth-order valence-electron chi connectivity index (χ4n) is 2.06. The molecule has 1 aliphatic carbocycles. The average molecular weight is 226 g/mol. The SMILES string of the molecule is CCC1CCSC(=NCC2CC2(C)C)N1. The Balaban J connectivity index is 1.80. The van der Waals surface area contributed by atoms with Gasteiger partial charge in [-0.15, -0.1) is 0 Å². The number of aliphatic imine (C=N–C) groups is 1. The van der Waals surface area contributed by atoms with E-state index in [4.69, 9.17) is 4.99 Å². The molecule has 2 nitrogen and oxygen atoms in total. The lowest BCUT2D eigenvalue weighted by atomic mass is 10.1. The Bertz CT molecular complexity index is 260. The number of hydrogen-bond donors (Lipinski definition) is 1. The van der Waals surface area contributed by atoms with Crippen molar-refractivity contribution in [2.24, 2.45) is 16.3 Å². The molecule has 3 heteroatoms. The largest absolute Gasteiger partial charge is 0.362 e. The van der Waals surface area contributed by atoms with Gasteiger partial charge in [-0.3, -0.25) is 4.99 Å². The molecule has 1 heterocycles. The number of amidine groups is 1. The summed E-state index contributed by atoms with van der Waals surface area (Å²) >= 11 is 1.89. The summed E-state index contributed by atoms with van der Waals surface area (Å²) in [7, 11) is 0. The Morgan fingerprint density at radius 1 is 1.53 bits per heavy atom. The van der Waals surface area contributed by atoms with E-state index in [0.29, 0.717) is 11.5 Å². The highest BCUT2D eigenvalue weighted by molar-refractivity contribution is 8.13. The molecule has 0 spiro atoms. The van der Waals surface area contributed by atoms with Gasteiger partial charge in [0, 0.05) is 18.3 Å². The van der Waals surface area contributed by atoms with Crippen LogP contribution in [0.5, 0.6) is 0 Å². The van der Waals surface area contributed by atoms with Crippen LogP contribution in [0.2, 0.25) is 0 Å². The van der Waals surface area contributed by atoms with Crippen LogP contribution in [-0.2, 0) is 0 Å². The molecule has 1 saturated heterocycles. The Kier molecular flexibility index (Phi) is 3.29. The summed E-state index contributed by atoms with van der Waals surface area (Å²) in [4.78, 5) is 4.71. The maximum atomic E-state index is 4.71. The predicted molar refractivity (Wildman–Crippen MR) is 68.5 cm³/mol. The van der Waals surface area contributed by atoms with E-state index in [2.05, 4.69) is 26.1 Å². The summed E-state index contributed by atoms with van der Waals surface area (Å²) in [5, 5.41) is 4.72. The van der Waals surface area contributed by atoms with Crippen molar-refractivity contribution >= 4 is 16.9 Å². The van der Waals surface area contributed by atoms with Crippen molar-refractivity contribution in [1.29, 1.82) is 0 Å². The zero-order chi connectivity index (χ0) is 10.9. The number of thioether (sulfide) groups is 1. The van der Waals surface area contributed by atoms with Crippen LogP contribution in [0.15, 0.2) is 4.99 Å². The van der Waals surface area contributed by atoms with Gasteiger partial charge in [-0.05, 0) is 30.6 Å². The van der Waals surface area contributed by atoms with Crippen molar-refractivity contribution in [2.45, 2.75) is 46.1 Å². The third kappa shape index (κ3) is 2.90. The first kappa shape index (κ1) is 11.3. The van der Waals surface area contributed by atoms with Crippen LogP contribution >= 0.6 is 11.8 Å². The van der Waals surface area contributed by atoms with Crippen LogP contribution in [0.1, 0.15) is 40.0 Å². The topological polar surface area (TPSA) is 24.4 Å². The zero-order valence-corrected chi connectivity index (χ0v) is 10.9. The smallest absolute Gasteiger partial charge is 0.156 e. The van der Waals surface area contributed by atoms with Gasteiger partial charge in [0.2, 0.25) is 0 Å². The minimum Gasteiger partial charge on any atom is -0.362 e. The molecule has 1 saturated carbocycles. The Labute approximate surface area is 97.3 Å². The van der Waals surface area contributed by atoms with Crippen molar-refractivity contribution in [3.63, 3.8) is 0 Å². The van der Waals surface area contributed by atoms with Gasteiger partial charge < -0.3 is 5.32 Å². The zero-order valence-electron chi connectivity index (χ0n) is 10.0. The summed E-state index contributed by atoms with van der Waals surface area (Å²) in [6.07, 6.45) is 3.86. The van der Waals surface area contributed by atoms with E-state index in [0.717, 1.165) is 12.5 Å². The Morgan fingerprint density at radius 3 is 2.87 bits per heavy atom. The van der Waals surface area contributed by atoms with E-state index in [9.17, 15) is 0 Å². The summed E-state index contributed by atoms with van der Waals surface area (Å²) < 4.78 is 0. The second-order valence-corrected chi connectivity index (χ2v) is 6.51. The van der Waals surface area contributed by atoms with Crippen molar-refractivity contribution < 1.29 is 0 Å². The second-order valence-electron chi connectivity index (χ2n) is 5.42. The third-order valence-corrected chi connectivity index (χ3v) is 4.66. The molecular weight excluding hydrogens is 204 g/mol. The van der Waals surface area contributed by atoms with Crippen LogP contribution < -0.4 is 5.32 Å².